The fourth-order valence-corrected chi connectivity index (χ4v) is 6.38. The second-order valence-electron chi connectivity index (χ2n) is 11.2. The van der Waals surface area contributed by atoms with Crippen LogP contribution in [0.1, 0.15) is 12.0 Å². The van der Waals surface area contributed by atoms with Crippen molar-refractivity contribution in [2.45, 2.75) is 19.0 Å². The Morgan fingerprint density at radius 2 is 1.49 bits per heavy atom. The Morgan fingerprint density at radius 1 is 0.791 bits per heavy atom. The molecule has 0 bridgehead atoms. The Morgan fingerprint density at radius 3 is 2.26 bits per heavy atom. The van der Waals surface area contributed by atoms with Crippen LogP contribution in [0.5, 0.6) is 0 Å². The molecule has 0 radical (unpaired) electrons. The molecule has 7 rings (SSSR count). The van der Waals surface area contributed by atoms with E-state index in [9.17, 15) is 19.2 Å². The smallest absolute Gasteiger partial charge is 0.332 e. The van der Waals surface area contributed by atoms with Crippen molar-refractivity contribution in [1.82, 2.24) is 23.6 Å². The summed E-state index contributed by atoms with van der Waals surface area (Å²) in [4.78, 5) is 63.2. The predicted octanol–water partition coefficient (Wildman–Crippen LogP) is 2.09. The van der Waals surface area contributed by atoms with Gasteiger partial charge in [0.15, 0.2) is 11.2 Å². The van der Waals surface area contributed by atoms with Gasteiger partial charge in [-0.25, -0.2) is 9.69 Å². The summed E-state index contributed by atoms with van der Waals surface area (Å²) >= 11 is 0. The summed E-state index contributed by atoms with van der Waals surface area (Å²) in [5.74, 6) is 0.197. The Hall–Kier alpha value is -5.03. The van der Waals surface area contributed by atoms with E-state index in [0.29, 0.717) is 55.5 Å². The van der Waals surface area contributed by atoms with Crippen LogP contribution in [0.25, 0.3) is 21.9 Å². The van der Waals surface area contributed by atoms with E-state index >= 15 is 0 Å². The molecule has 2 aliphatic rings. The molecule has 2 fully saturated rings. The zero-order chi connectivity index (χ0) is 29.8. The minimum absolute atomic E-state index is 0.132. The number of carbonyl (C=O) groups is 2. The molecule has 1 atom stereocenters. The van der Waals surface area contributed by atoms with Gasteiger partial charge in [-0.05, 0) is 17.0 Å². The maximum atomic E-state index is 13.7. The van der Waals surface area contributed by atoms with Crippen molar-refractivity contribution in [3.8, 4) is 0 Å². The maximum absolute atomic E-state index is 13.7. The van der Waals surface area contributed by atoms with Crippen LogP contribution in [0.3, 0.4) is 0 Å². The average Bonchev–Trinajstić information content (AvgIpc) is 3.55. The number of anilines is 2. The first-order valence-electron chi connectivity index (χ1n) is 14.4. The lowest BCUT2D eigenvalue weighted by molar-refractivity contribution is -0.123. The SMILES string of the molecule is Cn1c(=O)c2c(nc(N3CCN(C4CC(=O)N(c5cccc6ccccc56)C4=O)CC3)n2Cc2ccccc2)n(C)c1=O. The molecule has 1 unspecified atom stereocenters. The molecular weight excluding hydrogens is 546 g/mol. The minimum atomic E-state index is -0.537. The van der Waals surface area contributed by atoms with E-state index in [0.717, 1.165) is 20.9 Å². The Labute approximate surface area is 246 Å². The van der Waals surface area contributed by atoms with Gasteiger partial charge < -0.3 is 4.90 Å². The van der Waals surface area contributed by atoms with Crippen LogP contribution in [0, 0.1) is 0 Å². The van der Waals surface area contributed by atoms with Crippen LogP contribution in [0.15, 0.2) is 82.4 Å². The van der Waals surface area contributed by atoms with Crippen LogP contribution in [-0.2, 0) is 30.2 Å². The fourth-order valence-electron chi connectivity index (χ4n) is 6.38. The van der Waals surface area contributed by atoms with Gasteiger partial charge in [-0.3, -0.25) is 33.0 Å². The number of imide groups is 1. The van der Waals surface area contributed by atoms with Crippen LogP contribution in [-0.4, -0.2) is 67.6 Å². The molecule has 218 valence electrons. The summed E-state index contributed by atoms with van der Waals surface area (Å²) in [6, 6.07) is 22.7. The number of hydrogen-bond acceptors (Lipinski definition) is 7. The standard InChI is InChI=1S/C32H31N7O4/c1-34-28-27(30(42)35(2)32(34)43)38(20-21-9-4-3-5-10-21)31(33-28)37-17-15-36(16-18-37)25-19-26(40)39(29(25)41)24-14-8-12-22-11-6-7-13-23(22)24/h3-14,25H,15-20H2,1-2H3. The van der Waals surface area contributed by atoms with E-state index in [1.807, 2.05) is 77.4 Å². The second kappa shape index (κ2) is 10.4. The number of imidazole rings is 1. The first-order valence-corrected chi connectivity index (χ1v) is 14.4. The highest BCUT2D eigenvalue weighted by atomic mass is 16.2. The normalized spacial score (nSPS) is 18.0. The van der Waals surface area contributed by atoms with Gasteiger partial charge in [-0.2, -0.15) is 4.98 Å². The fraction of sp³-hybridized carbons (Fsp3) is 0.281. The number of aryl methyl sites for hydroxylation is 1. The molecule has 11 nitrogen and oxygen atoms in total. The highest BCUT2D eigenvalue weighted by Crippen LogP contribution is 2.32. The zero-order valence-corrected chi connectivity index (χ0v) is 24.0. The number of piperazine rings is 1. The predicted molar refractivity (Wildman–Crippen MR) is 164 cm³/mol. The number of hydrogen-bond donors (Lipinski definition) is 0. The molecule has 0 N–H and O–H groups in total. The lowest BCUT2D eigenvalue weighted by Crippen LogP contribution is -2.53. The molecule has 0 saturated carbocycles. The van der Waals surface area contributed by atoms with E-state index in [1.54, 1.807) is 7.05 Å². The molecular formula is C32H31N7O4. The van der Waals surface area contributed by atoms with Crippen molar-refractivity contribution in [2.75, 3.05) is 36.0 Å². The summed E-state index contributed by atoms with van der Waals surface area (Å²) in [5, 5.41) is 1.85. The van der Waals surface area contributed by atoms with E-state index in [-0.39, 0.29) is 18.2 Å². The maximum Gasteiger partial charge on any atom is 0.332 e. The summed E-state index contributed by atoms with van der Waals surface area (Å²) in [5.41, 5.74) is 1.50. The van der Waals surface area contributed by atoms with Gasteiger partial charge >= 0.3 is 5.69 Å². The molecule has 2 saturated heterocycles. The van der Waals surface area contributed by atoms with Crippen molar-refractivity contribution in [3.63, 3.8) is 0 Å². The molecule has 2 aliphatic heterocycles. The number of fused-ring (bicyclic) bond motifs is 2. The Bertz CT molecular complexity index is 2010. The van der Waals surface area contributed by atoms with Gasteiger partial charge in [0.1, 0.15) is 0 Å². The van der Waals surface area contributed by atoms with Crippen molar-refractivity contribution >= 4 is 45.4 Å². The van der Waals surface area contributed by atoms with Crippen molar-refractivity contribution in [1.29, 1.82) is 0 Å². The van der Waals surface area contributed by atoms with Crippen molar-refractivity contribution < 1.29 is 9.59 Å². The number of carbonyl (C=O) groups excluding carboxylic acids is 2. The monoisotopic (exact) mass is 577 g/mol. The number of rotatable bonds is 5. The van der Waals surface area contributed by atoms with Crippen LogP contribution in [0.2, 0.25) is 0 Å². The Kier molecular flexibility index (Phi) is 6.46. The van der Waals surface area contributed by atoms with Crippen LogP contribution >= 0.6 is 0 Å². The largest absolute Gasteiger partial charge is 0.340 e. The summed E-state index contributed by atoms with van der Waals surface area (Å²) < 4.78 is 4.40. The van der Waals surface area contributed by atoms with E-state index in [2.05, 4.69) is 9.80 Å². The average molecular weight is 578 g/mol. The third kappa shape index (κ3) is 4.35. The molecule has 0 spiro atoms. The molecule has 43 heavy (non-hydrogen) atoms. The number of benzene rings is 3. The molecule has 0 aliphatic carbocycles. The topological polar surface area (TPSA) is 106 Å². The molecule has 3 aromatic carbocycles. The molecule has 2 aromatic heterocycles. The molecule has 5 aromatic rings. The zero-order valence-electron chi connectivity index (χ0n) is 24.0. The third-order valence-electron chi connectivity index (χ3n) is 8.68. The van der Waals surface area contributed by atoms with Crippen LogP contribution < -0.4 is 21.0 Å². The minimum Gasteiger partial charge on any atom is -0.340 e. The quantitative estimate of drug-likeness (QED) is 0.295. The summed E-state index contributed by atoms with van der Waals surface area (Å²) in [6.07, 6.45) is 0.132. The first kappa shape index (κ1) is 26.8. The molecule has 2 amide bonds. The van der Waals surface area contributed by atoms with Gasteiger partial charge in [0.2, 0.25) is 11.9 Å². The molecule has 4 heterocycles. The van der Waals surface area contributed by atoms with Gasteiger partial charge in [0, 0.05) is 45.7 Å². The highest BCUT2D eigenvalue weighted by Gasteiger charge is 2.44. The second-order valence-corrected chi connectivity index (χ2v) is 11.2. The van der Waals surface area contributed by atoms with Gasteiger partial charge in [-0.15, -0.1) is 0 Å². The van der Waals surface area contributed by atoms with Gasteiger partial charge in [-0.1, -0.05) is 66.7 Å². The third-order valence-corrected chi connectivity index (χ3v) is 8.68. The number of amides is 2. The van der Waals surface area contributed by atoms with E-state index in [1.165, 1.54) is 16.5 Å². The Balaban J connectivity index is 1.17. The van der Waals surface area contributed by atoms with Gasteiger partial charge in [0.05, 0.1) is 24.7 Å². The lowest BCUT2D eigenvalue weighted by Gasteiger charge is -2.37. The highest BCUT2D eigenvalue weighted by molar-refractivity contribution is 6.25. The summed E-state index contributed by atoms with van der Waals surface area (Å²) in [7, 11) is 3.10. The lowest BCUT2D eigenvalue weighted by atomic mass is 10.1. The van der Waals surface area contributed by atoms with E-state index in [4.69, 9.17) is 4.98 Å². The number of nitrogens with zero attached hydrogens (tertiary/aromatic N) is 7. The van der Waals surface area contributed by atoms with E-state index < -0.39 is 17.3 Å². The molecule has 11 heteroatoms. The number of aromatic nitrogens is 4. The van der Waals surface area contributed by atoms with Gasteiger partial charge in [0.25, 0.3) is 11.5 Å². The summed E-state index contributed by atoms with van der Waals surface area (Å²) in [6.45, 7) is 2.57. The van der Waals surface area contributed by atoms with Crippen molar-refractivity contribution in [2.24, 2.45) is 14.1 Å². The first-order chi connectivity index (χ1) is 20.8. The van der Waals surface area contributed by atoms with Crippen LogP contribution in [0.4, 0.5) is 11.6 Å². The van der Waals surface area contributed by atoms with Crippen molar-refractivity contribution in [3.05, 3.63) is 99.2 Å².